The number of aryl methyl sites for hydroxylation is 1. The van der Waals surface area contributed by atoms with Gasteiger partial charge < -0.3 is 9.67 Å². The van der Waals surface area contributed by atoms with E-state index in [-0.39, 0.29) is 12.8 Å². The lowest BCUT2D eigenvalue weighted by atomic mass is 9.98. The minimum Gasteiger partial charge on any atom is -0.382 e. The molecule has 0 aliphatic rings. The molecule has 0 saturated heterocycles. The molecule has 3 nitrogen and oxygen atoms in total. The molecule has 1 aromatic rings. The normalized spacial score (nSPS) is 16.1. The molecular formula is C10H15F3N2O. The van der Waals surface area contributed by atoms with E-state index >= 15 is 0 Å². The second-order valence-electron chi connectivity index (χ2n) is 4.10. The number of rotatable bonds is 4. The fourth-order valence-electron chi connectivity index (χ4n) is 1.63. The smallest absolute Gasteiger partial charge is 0.382 e. The topological polar surface area (TPSA) is 38.0 Å². The van der Waals surface area contributed by atoms with Gasteiger partial charge in [0.25, 0.3) is 0 Å². The molecular weight excluding hydrogens is 221 g/mol. The van der Waals surface area contributed by atoms with Crippen LogP contribution in [0, 0.1) is 0 Å². The second-order valence-corrected chi connectivity index (χ2v) is 4.10. The number of imidazole rings is 1. The lowest BCUT2D eigenvalue weighted by Crippen LogP contribution is -2.26. The van der Waals surface area contributed by atoms with Crippen molar-refractivity contribution >= 4 is 0 Å². The number of hydrogen-bond donors (Lipinski definition) is 1. The molecule has 0 aliphatic carbocycles. The molecule has 0 amide bonds. The molecule has 0 aliphatic heterocycles. The minimum atomic E-state index is -4.17. The van der Waals surface area contributed by atoms with Crippen molar-refractivity contribution in [2.45, 2.75) is 38.0 Å². The van der Waals surface area contributed by atoms with E-state index in [0.29, 0.717) is 5.82 Å². The molecule has 1 aromatic heterocycles. The highest BCUT2D eigenvalue weighted by atomic mass is 19.4. The van der Waals surface area contributed by atoms with E-state index in [0.717, 1.165) is 0 Å². The van der Waals surface area contributed by atoms with Gasteiger partial charge in [0.05, 0.1) is 0 Å². The summed E-state index contributed by atoms with van der Waals surface area (Å²) in [6.45, 7) is 1.48. The molecule has 1 heterocycles. The summed E-state index contributed by atoms with van der Waals surface area (Å²) < 4.78 is 37.5. The summed E-state index contributed by atoms with van der Waals surface area (Å²) in [5.74, 6) is 0.384. The van der Waals surface area contributed by atoms with Gasteiger partial charge in [0.1, 0.15) is 11.4 Å². The minimum absolute atomic E-state index is 0.0391. The van der Waals surface area contributed by atoms with Gasteiger partial charge in [-0.2, -0.15) is 13.2 Å². The van der Waals surface area contributed by atoms with Gasteiger partial charge in [-0.15, -0.1) is 0 Å². The van der Waals surface area contributed by atoms with Crippen molar-refractivity contribution in [3.8, 4) is 0 Å². The molecule has 1 unspecified atom stereocenters. The predicted octanol–water partition coefficient (Wildman–Crippen LogP) is 2.36. The third kappa shape index (κ3) is 3.52. The van der Waals surface area contributed by atoms with E-state index in [1.165, 1.54) is 13.1 Å². The van der Waals surface area contributed by atoms with Gasteiger partial charge in [0, 0.05) is 25.9 Å². The first-order valence-corrected chi connectivity index (χ1v) is 4.99. The standard InChI is InChI=1S/C10H15F3N2O/c1-9(16,4-3-5-10(11,12)13)8-14-6-7-15(8)2/h6-7,16H,3-5H2,1-2H3. The lowest BCUT2D eigenvalue weighted by molar-refractivity contribution is -0.138. The van der Waals surface area contributed by atoms with Crippen LogP contribution in [0.15, 0.2) is 12.4 Å². The van der Waals surface area contributed by atoms with Crippen molar-refractivity contribution < 1.29 is 18.3 Å². The lowest BCUT2D eigenvalue weighted by Gasteiger charge is -2.22. The molecule has 0 aromatic carbocycles. The Hall–Kier alpha value is -1.04. The van der Waals surface area contributed by atoms with Gasteiger partial charge in [0.15, 0.2) is 0 Å². The Morgan fingerprint density at radius 2 is 2.00 bits per heavy atom. The van der Waals surface area contributed by atoms with Crippen molar-refractivity contribution in [2.75, 3.05) is 0 Å². The van der Waals surface area contributed by atoms with Gasteiger partial charge in [-0.05, 0) is 19.8 Å². The average Bonchev–Trinajstić information content (AvgIpc) is 2.48. The largest absolute Gasteiger partial charge is 0.389 e. The van der Waals surface area contributed by atoms with Gasteiger partial charge in [-0.25, -0.2) is 4.98 Å². The van der Waals surface area contributed by atoms with Crippen molar-refractivity contribution in [1.82, 2.24) is 9.55 Å². The molecule has 6 heteroatoms. The third-order valence-electron chi connectivity index (χ3n) is 2.43. The summed E-state index contributed by atoms with van der Waals surface area (Å²) in [5, 5.41) is 10.0. The van der Waals surface area contributed by atoms with Crippen molar-refractivity contribution in [3.63, 3.8) is 0 Å². The van der Waals surface area contributed by atoms with E-state index < -0.39 is 18.2 Å². The van der Waals surface area contributed by atoms with Crippen LogP contribution in [0.2, 0.25) is 0 Å². The van der Waals surface area contributed by atoms with Crippen LogP contribution in [-0.2, 0) is 12.6 Å². The van der Waals surface area contributed by atoms with Crippen LogP contribution in [0.25, 0.3) is 0 Å². The molecule has 1 atom stereocenters. The first kappa shape index (κ1) is 13.0. The molecule has 1 N–H and O–H groups in total. The maximum absolute atomic E-state index is 12.0. The van der Waals surface area contributed by atoms with E-state index in [9.17, 15) is 18.3 Å². The van der Waals surface area contributed by atoms with Crippen LogP contribution >= 0.6 is 0 Å². The van der Waals surface area contributed by atoms with E-state index in [1.54, 1.807) is 17.8 Å². The molecule has 0 bridgehead atoms. The third-order valence-corrected chi connectivity index (χ3v) is 2.43. The van der Waals surface area contributed by atoms with Gasteiger partial charge in [-0.1, -0.05) is 0 Å². The number of aliphatic hydroxyl groups is 1. The number of hydrogen-bond acceptors (Lipinski definition) is 2. The Bertz CT molecular complexity index is 344. The van der Waals surface area contributed by atoms with Crippen LogP contribution in [0.3, 0.4) is 0 Å². The average molecular weight is 236 g/mol. The Morgan fingerprint density at radius 1 is 1.38 bits per heavy atom. The summed E-state index contributed by atoms with van der Waals surface area (Å²) >= 11 is 0. The number of nitrogens with zero attached hydrogens (tertiary/aromatic N) is 2. The SMILES string of the molecule is Cn1ccnc1C(C)(O)CCCC(F)(F)F. The van der Waals surface area contributed by atoms with Gasteiger partial charge in [0.2, 0.25) is 0 Å². The summed E-state index contributed by atoms with van der Waals surface area (Å²) in [5.41, 5.74) is -1.32. The zero-order valence-electron chi connectivity index (χ0n) is 9.25. The van der Waals surface area contributed by atoms with Crippen molar-refractivity contribution in [1.29, 1.82) is 0 Å². The maximum Gasteiger partial charge on any atom is 0.389 e. The molecule has 16 heavy (non-hydrogen) atoms. The fraction of sp³-hybridized carbons (Fsp3) is 0.700. The maximum atomic E-state index is 12.0. The summed E-state index contributed by atoms with van der Waals surface area (Å²) in [6, 6.07) is 0. The molecule has 0 spiro atoms. The zero-order chi connectivity index (χ0) is 12.4. The Labute approximate surface area is 91.9 Å². The zero-order valence-corrected chi connectivity index (χ0v) is 9.25. The highest BCUT2D eigenvalue weighted by molar-refractivity contribution is 5.02. The predicted molar refractivity (Wildman–Crippen MR) is 52.7 cm³/mol. The number of halogens is 3. The first-order chi connectivity index (χ1) is 7.22. The summed E-state index contributed by atoms with van der Waals surface area (Å²) in [7, 11) is 1.70. The second kappa shape index (κ2) is 4.45. The Kier molecular flexibility index (Phi) is 3.62. The van der Waals surface area contributed by atoms with Crippen LogP contribution in [0.4, 0.5) is 13.2 Å². The van der Waals surface area contributed by atoms with E-state index in [2.05, 4.69) is 4.98 Å². The monoisotopic (exact) mass is 236 g/mol. The molecule has 92 valence electrons. The van der Waals surface area contributed by atoms with E-state index in [1.807, 2.05) is 0 Å². The Balaban J connectivity index is 2.56. The highest BCUT2D eigenvalue weighted by Crippen LogP contribution is 2.29. The number of alkyl halides is 3. The number of aromatic nitrogens is 2. The summed E-state index contributed by atoms with van der Waals surface area (Å²) in [4.78, 5) is 3.93. The van der Waals surface area contributed by atoms with Gasteiger partial charge in [-0.3, -0.25) is 0 Å². The molecule has 0 fully saturated rings. The van der Waals surface area contributed by atoms with Crippen molar-refractivity contribution in [3.05, 3.63) is 18.2 Å². The highest BCUT2D eigenvalue weighted by Gasteiger charge is 2.31. The van der Waals surface area contributed by atoms with Gasteiger partial charge >= 0.3 is 6.18 Å². The van der Waals surface area contributed by atoms with E-state index in [4.69, 9.17) is 0 Å². The summed E-state index contributed by atoms with van der Waals surface area (Å²) in [6.07, 6.45) is -1.97. The van der Waals surface area contributed by atoms with Crippen molar-refractivity contribution in [2.24, 2.45) is 7.05 Å². The molecule has 0 radical (unpaired) electrons. The Morgan fingerprint density at radius 3 is 2.44 bits per heavy atom. The van der Waals surface area contributed by atoms with Crippen LogP contribution in [0.5, 0.6) is 0 Å². The molecule has 1 rings (SSSR count). The van der Waals surface area contributed by atoms with Crippen LogP contribution < -0.4 is 0 Å². The van der Waals surface area contributed by atoms with Crippen LogP contribution in [-0.4, -0.2) is 20.8 Å². The quantitative estimate of drug-likeness (QED) is 0.871. The fourth-order valence-corrected chi connectivity index (χ4v) is 1.63. The molecule has 0 saturated carbocycles. The first-order valence-electron chi connectivity index (χ1n) is 4.99. The van der Waals surface area contributed by atoms with Crippen LogP contribution in [0.1, 0.15) is 32.0 Å².